The Morgan fingerprint density at radius 2 is 2.22 bits per heavy atom. The molecule has 1 unspecified atom stereocenters. The number of hydrogen-bond donors (Lipinski definition) is 1. The number of aromatic carboxylic acids is 1. The molecule has 2 aliphatic rings. The molecule has 3 heterocycles. The number of hydrogen-bond acceptors (Lipinski definition) is 5. The molecule has 0 aliphatic carbocycles. The first-order valence-corrected chi connectivity index (χ1v) is 6.71. The van der Waals surface area contributed by atoms with Gasteiger partial charge in [0, 0.05) is 4.88 Å². The fourth-order valence-electron chi connectivity index (χ4n) is 1.76. The Labute approximate surface area is 110 Å². The van der Waals surface area contributed by atoms with Crippen LogP contribution in [0.15, 0.2) is 27.5 Å². The van der Waals surface area contributed by atoms with E-state index in [0.717, 1.165) is 21.8 Å². The van der Waals surface area contributed by atoms with Gasteiger partial charge in [0.25, 0.3) is 5.91 Å². The third kappa shape index (κ3) is 1.72. The number of thioether (sulfide) groups is 1. The molecule has 1 amide bonds. The van der Waals surface area contributed by atoms with Gasteiger partial charge in [-0.25, -0.2) is 14.8 Å². The molecule has 1 atom stereocenters. The summed E-state index contributed by atoms with van der Waals surface area (Å²) in [7, 11) is 0. The third-order valence-electron chi connectivity index (χ3n) is 2.58. The van der Waals surface area contributed by atoms with Crippen LogP contribution in [0.4, 0.5) is 0 Å². The fraction of sp³-hybridized carbons (Fsp3) is 0.0909. The molecule has 0 saturated carbocycles. The van der Waals surface area contributed by atoms with Crippen molar-refractivity contribution in [2.45, 2.75) is 0 Å². The molecule has 0 fully saturated rings. The Hall–Kier alpha value is -1.73. The molecule has 0 bridgehead atoms. The number of fused-ring (bicyclic) bond motifs is 1. The van der Waals surface area contributed by atoms with Crippen molar-refractivity contribution in [1.29, 1.82) is 0 Å². The van der Waals surface area contributed by atoms with E-state index in [1.54, 1.807) is 12.1 Å². The number of rotatable bonds is 2. The monoisotopic (exact) mass is 278 g/mol. The van der Waals surface area contributed by atoms with Crippen molar-refractivity contribution in [3.8, 4) is 0 Å². The number of carboxylic acid groups (broad SMARTS) is 1. The number of carboxylic acids is 1. The maximum absolute atomic E-state index is 11.8. The number of carbonyl (C=O) groups is 2. The quantitative estimate of drug-likeness (QED) is 0.898. The molecule has 1 aromatic rings. The van der Waals surface area contributed by atoms with Crippen molar-refractivity contribution in [1.82, 2.24) is 0 Å². The zero-order valence-electron chi connectivity index (χ0n) is 8.86. The molecule has 3 rings (SSSR count). The summed E-state index contributed by atoms with van der Waals surface area (Å²) >= 11 is 2.54. The lowest BCUT2D eigenvalue weighted by Gasteiger charge is -2.12. The molecular formula is C11H6N2O3S2. The van der Waals surface area contributed by atoms with Crippen LogP contribution in [0.5, 0.6) is 0 Å². The summed E-state index contributed by atoms with van der Waals surface area (Å²) in [6.07, 6.45) is 1.26. The Morgan fingerprint density at radius 1 is 1.39 bits per heavy atom. The van der Waals surface area contributed by atoms with Gasteiger partial charge < -0.3 is 5.11 Å². The van der Waals surface area contributed by atoms with E-state index in [0.29, 0.717) is 5.04 Å². The van der Waals surface area contributed by atoms with E-state index in [1.807, 2.05) is 5.41 Å². The second-order valence-electron chi connectivity index (χ2n) is 3.64. The average molecular weight is 278 g/mol. The molecule has 1 aromatic heterocycles. The van der Waals surface area contributed by atoms with E-state index in [2.05, 4.69) is 9.98 Å². The van der Waals surface area contributed by atoms with Crippen LogP contribution in [0.2, 0.25) is 0 Å². The van der Waals surface area contributed by atoms with Gasteiger partial charge in [-0.2, -0.15) is 0 Å². The van der Waals surface area contributed by atoms with E-state index in [4.69, 9.17) is 5.11 Å². The first-order chi connectivity index (χ1) is 8.66. The van der Waals surface area contributed by atoms with Crippen molar-refractivity contribution >= 4 is 51.9 Å². The Morgan fingerprint density at radius 3 is 2.94 bits per heavy atom. The summed E-state index contributed by atoms with van der Waals surface area (Å²) in [5.41, 5.74) is 0.790. The zero-order valence-corrected chi connectivity index (χ0v) is 10.5. The van der Waals surface area contributed by atoms with Crippen molar-refractivity contribution in [2.24, 2.45) is 15.9 Å². The van der Waals surface area contributed by atoms with Gasteiger partial charge >= 0.3 is 5.97 Å². The van der Waals surface area contributed by atoms with Gasteiger partial charge in [0.15, 0.2) is 0 Å². The molecule has 1 N–H and O–H groups in total. The maximum atomic E-state index is 11.8. The van der Waals surface area contributed by atoms with Crippen LogP contribution in [0, 0.1) is 5.92 Å². The molecule has 2 aliphatic heterocycles. The van der Waals surface area contributed by atoms with E-state index < -0.39 is 11.9 Å². The predicted octanol–water partition coefficient (Wildman–Crippen LogP) is 2.12. The highest BCUT2D eigenvalue weighted by molar-refractivity contribution is 8.17. The van der Waals surface area contributed by atoms with Crippen molar-refractivity contribution < 1.29 is 14.7 Å². The minimum Gasteiger partial charge on any atom is -0.477 e. The van der Waals surface area contributed by atoms with Crippen LogP contribution >= 0.6 is 23.1 Å². The average Bonchev–Trinajstić information content (AvgIpc) is 2.94. The lowest BCUT2D eigenvalue weighted by Crippen LogP contribution is -2.21. The summed E-state index contributed by atoms with van der Waals surface area (Å²) in [5, 5.41) is 11.4. The molecule has 0 saturated heterocycles. The smallest absolute Gasteiger partial charge is 0.345 e. The Bertz CT molecular complexity index is 642. The highest BCUT2D eigenvalue weighted by Gasteiger charge is 2.36. The maximum Gasteiger partial charge on any atom is 0.345 e. The number of aliphatic imine (C=N–C) groups is 2. The van der Waals surface area contributed by atoms with Crippen LogP contribution in [-0.4, -0.2) is 28.4 Å². The van der Waals surface area contributed by atoms with E-state index >= 15 is 0 Å². The lowest BCUT2D eigenvalue weighted by molar-refractivity contribution is -0.118. The van der Waals surface area contributed by atoms with Crippen molar-refractivity contribution in [3.63, 3.8) is 0 Å². The highest BCUT2D eigenvalue weighted by atomic mass is 32.2. The minimum absolute atomic E-state index is 0.249. The van der Waals surface area contributed by atoms with Gasteiger partial charge in [-0.1, -0.05) is 11.8 Å². The molecule has 0 spiro atoms. The van der Waals surface area contributed by atoms with Gasteiger partial charge in [0.05, 0.1) is 5.04 Å². The third-order valence-corrected chi connectivity index (χ3v) is 4.66. The van der Waals surface area contributed by atoms with Crippen LogP contribution in [0.1, 0.15) is 14.5 Å². The Balaban J connectivity index is 1.98. The summed E-state index contributed by atoms with van der Waals surface area (Å²) in [4.78, 5) is 31.4. The van der Waals surface area contributed by atoms with Crippen LogP contribution in [0.25, 0.3) is 5.57 Å². The van der Waals surface area contributed by atoms with Crippen LogP contribution < -0.4 is 0 Å². The minimum atomic E-state index is -0.959. The fourth-order valence-corrected chi connectivity index (χ4v) is 3.71. The zero-order chi connectivity index (χ0) is 12.7. The molecule has 0 aromatic carbocycles. The number of carbonyl (C=O) groups excluding carboxylic acids is 1. The second kappa shape index (κ2) is 4.18. The molecule has 90 valence electrons. The standard InChI is InChI=1S/C11H6N2O3S2/c14-9-8-5(3-17-10(8)13-4-12-9)6-1-2-7(18-6)11(15)16/h1-4,8H,(H,15,16). The van der Waals surface area contributed by atoms with Gasteiger partial charge in [-0.05, 0) is 23.1 Å². The van der Waals surface area contributed by atoms with Gasteiger partial charge in [-0.3, -0.25) is 4.79 Å². The van der Waals surface area contributed by atoms with Crippen LogP contribution in [0.3, 0.4) is 0 Å². The van der Waals surface area contributed by atoms with Crippen molar-refractivity contribution in [3.05, 3.63) is 27.3 Å². The molecule has 7 heteroatoms. The van der Waals surface area contributed by atoms with Gasteiger partial charge in [0.1, 0.15) is 17.1 Å². The molecule has 5 nitrogen and oxygen atoms in total. The van der Waals surface area contributed by atoms with E-state index in [1.165, 1.54) is 18.1 Å². The summed E-state index contributed by atoms with van der Waals surface area (Å²) in [6.45, 7) is 0. The van der Waals surface area contributed by atoms with E-state index in [9.17, 15) is 9.59 Å². The number of amides is 1. The summed E-state index contributed by atoms with van der Waals surface area (Å²) < 4.78 is 0. The van der Waals surface area contributed by atoms with E-state index in [-0.39, 0.29) is 10.8 Å². The largest absolute Gasteiger partial charge is 0.477 e. The first kappa shape index (κ1) is 11.4. The summed E-state index contributed by atoms with van der Waals surface area (Å²) in [5.74, 6) is -1.67. The van der Waals surface area contributed by atoms with Gasteiger partial charge in [0.2, 0.25) is 0 Å². The molecular weight excluding hydrogens is 272 g/mol. The lowest BCUT2D eigenvalue weighted by atomic mass is 9.99. The molecule has 18 heavy (non-hydrogen) atoms. The van der Waals surface area contributed by atoms with Crippen molar-refractivity contribution in [2.75, 3.05) is 0 Å². The number of nitrogens with zero attached hydrogens (tertiary/aromatic N) is 2. The van der Waals surface area contributed by atoms with Crippen LogP contribution in [-0.2, 0) is 4.79 Å². The number of thiophene rings is 1. The Kier molecular flexibility index (Phi) is 2.64. The SMILES string of the molecule is O=C(O)c1ccc(C2=CSC3=NC=NC(=O)C23)s1. The first-order valence-electron chi connectivity index (χ1n) is 5.01. The van der Waals surface area contributed by atoms with Gasteiger partial charge in [-0.15, -0.1) is 11.3 Å². The topological polar surface area (TPSA) is 79.1 Å². The molecule has 0 radical (unpaired) electrons. The highest BCUT2D eigenvalue weighted by Crippen LogP contribution is 2.41. The summed E-state index contributed by atoms with van der Waals surface area (Å²) in [6, 6.07) is 3.26. The normalized spacial score (nSPS) is 21.6. The second-order valence-corrected chi connectivity index (χ2v) is 5.62. The predicted molar refractivity (Wildman–Crippen MR) is 71.3 cm³/mol.